The molecule has 4 heteroatoms. The average molecular weight is 237 g/mol. The van der Waals surface area contributed by atoms with Crippen molar-refractivity contribution in [2.45, 2.75) is 45.6 Å². The van der Waals surface area contributed by atoms with E-state index in [4.69, 9.17) is 10.5 Å². The van der Waals surface area contributed by atoms with Crippen molar-refractivity contribution in [2.75, 3.05) is 12.3 Å². The fourth-order valence-electron chi connectivity index (χ4n) is 2.67. The van der Waals surface area contributed by atoms with Crippen LogP contribution in [0.2, 0.25) is 0 Å². The number of ether oxygens (including phenoxy) is 1. The average Bonchev–Trinajstić information content (AvgIpc) is 2.51. The molecule has 1 heterocycles. The third kappa shape index (κ3) is 2.46. The number of rotatable bonds is 5. The van der Waals surface area contributed by atoms with E-state index in [1.165, 1.54) is 24.1 Å². The molecule has 2 rings (SSSR count). The standard InChI is InChI=1S/C13H23N3O/c1-4-11-12(15-16(3)13(11)14)8-9-6-10(7-9)17-5-2/h9-10H,4-8,14H2,1-3H3. The number of hydrogen-bond donors (Lipinski definition) is 1. The highest BCUT2D eigenvalue weighted by atomic mass is 16.5. The second kappa shape index (κ2) is 5.08. The van der Waals surface area contributed by atoms with Crippen LogP contribution in [0.1, 0.15) is 37.9 Å². The molecule has 1 saturated carbocycles. The normalized spacial score (nSPS) is 23.7. The van der Waals surface area contributed by atoms with Crippen molar-refractivity contribution in [3.63, 3.8) is 0 Å². The number of nitrogens with two attached hydrogens (primary N) is 1. The minimum Gasteiger partial charge on any atom is -0.384 e. The molecule has 1 aliphatic carbocycles. The van der Waals surface area contributed by atoms with Gasteiger partial charge >= 0.3 is 0 Å². The quantitative estimate of drug-likeness (QED) is 0.851. The van der Waals surface area contributed by atoms with Crippen molar-refractivity contribution in [2.24, 2.45) is 13.0 Å². The fraction of sp³-hybridized carbons (Fsp3) is 0.769. The van der Waals surface area contributed by atoms with Gasteiger partial charge in [0.2, 0.25) is 0 Å². The van der Waals surface area contributed by atoms with E-state index in [1.807, 2.05) is 7.05 Å². The molecule has 0 aromatic carbocycles. The smallest absolute Gasteiger partial charge is 0.124 e. The van der Waals surface area contributed by atoms with Crippen molar-refractivity contribution in [3.8, 4) is 0 Å². The van der Waals surface area contributed by atoms with E-state index in [2.05, 4.69) is 18.9 Å². The number of anilines is 1. The van der Waals surface area contributed by atoms with Gasteiger partial charge in [0, 0.05) is 19.2 Å². The maximum absolute atomic E-state index is 6.00. The first-order valence-electron chi connectivity index (χ1n) is 6.57. The van der Waals surface area contributed by atoms with E-state index in [9.17, 15) is 0 Å². The Balaban J connectivity index is 1.94. The Morgan fingerprint density at radius 3 is 2.71 bits per heavy atom. The summed E-state index contributed by atoms with van der Waals surface area (Å²) in [5.41, 5.74) is 8.42. The monoisotopic (exact) mass is 237 g/mol. The molecular formula is C13H23N3O. The number of aromatic nitrogens is 2. The van der Waals surface area contributed by atoms with Crippen molar-refractivity contribution in [1.29, 1.82) is 0 Å². The Morgan fingerprint density at radius 2 is 2.12 bits per heavy atom. The lowest BCUT2D eigenvalue weighted by Gasteiger charge is -2.34. The zero-order valence-electron chi connectivity index (χ0n) is 11.1. The number of nitrogen functional groups attached to an aromatic ring is 1. The summed E-state index contributed by atoms with van der Waals surface area (Å²) < 4.78 is 7.38. The Morgan fingerprint density at radius 1 is 1.41 bits per heavy atom. The molecule has 1 aliphatic rings. The van der Waals surface area contributed by atoms with Crippen molar-refractivity contribution in [3.05, 3.63) is 11.3 Å². The molecule has 17 heavy (non-hydrogen) atoms. The summed E-state index contributed by atoms with van der Waals surface area (Å²) in [5.74, 6) is 1.55. The summed E-state index contributed by atoms with van der Waals surface area (Å²) in [5, 5.41) is 4.52. The van der Waals surface area contributed by atoms with Gasteiger partial charge < -0.3 is 10.5 Å². The maximum Gasteiger partial charge on any atom is 0.124 e. The molecule has 0 saturated heterocycles. The van der Waals surface area contributed by atoms with E-state index < -0.39 is 0 Å². The summed E-state index contributed by atoms with van der Waals surface area (Å²) in [6, 6.07) is 0. The predicted molar refractivity (Wildman–Crippen MR) is 68.8 cm³/mol. The molecule has 1 fully saturated rings. The zero-order valence-corrected chi connectivity index (χ0v) is 11.1. The number of nitrogens with zero attached hydrogens (tertiary/aromatic N) is 2. The summed E-state index contributed by atoms with van der Waals surface area (Å²) in [6.07, 6.45) is 4.85. The molecule has 0 unspecified atom stereocenters. The van der Waals surface area contributed by atoms with Crippen LogP contribution in [0.3, 0.4) is 0 Å². The molecule has 0 bridgehead atoms. The molecule has 0 spiro atoms. The summed E-state index contributed by atoms with van der Waals surface area (Å²) in [6.45, 7) is 5.02. The Bertz CT molecular complexity index is 380. The largest absolute Gasteiger partial charge is 0.384 e. The van der Waals surface area contributed by atoms with Crippen LogP contribution in [-0.2, 0) is 24.6 Å². The molecule has 0 aliphatic heterocycles. The second-order valence-electron chi connectivity index (χ2n) is 4.91. The van der Waals surface area contributed by atoms with Crippen LogP contribution in [0.5, 0.6) is 0 Å². The Hall–Kier alpha value is -1.03. The van der Waals surface area contributed by atoms with Crippen LogP contribution in [0.25, 0.3) is 0 Å². The first kappa shape index (κ1) is 12.4. The molecule has 0 atom stereocenters. The molecule has 96 valence electrons. The Labute approximate surface area is 103 Å². The van der Waals surface area contributed by atoms with Crippen LogP contribution in [0, 0.1) is 5.92 Å². The summed E-state index contributed by atoms with van der Waals surface area (Å²) >= 11 is 0. The van der Waals surface area contributed by atoms with Gasteiger partial charge in [-0.25, -0.2) is 0 Å². The van der Waals surface area contributed by atoms with Gasteiger partial charge in [-0.2, -0.15) is 5.10 Å². The van der Waals surface area contributed by atoms with Crippen LogP contribution < -0.4 is 5.73 Å². The predicted octanol–water partition coefficient (Wildman–Crippen LogP) is 1.92. The highest BCUT2D eigenvalue weighted by Gasteiger charge is 2.31. The molecular weight excluding hydrogens is 214 g/mol. The highest BCUT2D eigenvalue weighted by Crippen LogP contribution is 2.34. The van der Waals surface area contributed by atoms with Gasteiger partial charge in [0.05, 0.1) is 11.8 Å². The first-order chi connectivity index (χ1) is 8.15. The summed E-state index contributed by atoms with van der Waals surface area (Å²) in [4.78, 5) is 0. The van der Waals surface area contributed by atoms with Crippen molar-refractivity contribution in [1.82, 2.24) is 9.78 Å². The Kier molecular flexibility index (Phi) is 3.72. The van der Waals surface area contributed by atoms with E-state index in [0.29, 0.717) is 6.10 Å². The number of aryl methyl sites for hydroxylation is 1. The first-order valence-corrected chi connectivity index (χ1v) is 6.57. The SMILES string of the molecule is CCOC1CC(Cc2nn(C)c(N)c2CC)C1. The van der Waals surface area contributed by atoms with Crippen LogP contribution >= 0.6 is 0 Å². The van der Waals surface area contributed by atoms with Crippen LogP contribution in [-0.4, -0.2) is 22.5 Å². The molecule has 1 aromatic heterocycles. The molecule has 0 radical (unpaired) electrons. The zero-order chi connectivity index (χ0) is 12.4. The lowest BCUT2D eigenvalue weighted by atomic mass is 9.79. The van der Waals surface area contributed by atoms with Crippen LogP contribution in [0.4, 0.5) is 5.82 Å². The van der Waals surface area contributed by atoms with Gasteiger partial charge in [0.1, 0.15) is 5.82 Å². The lowest BCUT2D eigenvalue weighted by molar-refractivity contribution is -0.0243. The van der Waals surface area contributed by atoms with E-state index in [-0.39, 0.29) is 0 Å². The van der Waals surface area contributed by atoms with Gasteiger partial charge in [-0.1, -0.05) is 6.92 Å². The summed E-state index contributed by atoms with van der Waals surface area (Å²) in [7, 11) is 1.92. The third-order valence-corrected chi connectivity index (χ3v) is 3.71. The topological polar surface area (TPSA) is 53.1 Å². The second-order valence-corrected chi connectivity index (χ2v) is 4.91. The van der Waals surface area contributed by atoms with Gasteiger partial charge in [-0.15, -0.1) is 0 Å². The molecule has 1 aromatic rings. The van der Waals surface area contributed by atoms with E-state index in [0.717, 1.165) is 31.2 Å². The van der Waals surface area contributed by atoms with Crippen LogP contribution in [0.15, 0.2) is 0 Å². The van der Waals surface area contributed by atoms with Gasteiger partial charge in [0.15, 0.2) is 0 Å². The van der Waals surface area contributed by atoms with Gasteiger partial charge in [0.25, 0.3) is 0 Å². The van der Waals surface area contributed by atoms with Crippen molar-refractivity contribution >= 4 is 5.82 Å². The van der Waals surface area contributed by atoms with Gasteiger partial charge in [-0.3, -0.25) is 4.68 Å². The minimum absolute atomic E-state index is 0.483. The highest BCUT2D eigenvalue weighted by molar-refractivity contribution is 5.43. The maximum atomic E-state index is 6.00. The van der Waals surface area contributed by atoms with Gasteiger partial charge in [-0.05, 0) is 38.5 Å². The fourth-order valence-corrected chi connectivity index (χ4v) is 2.67. The molecule has 4 nitrogen and oxygen atoms in total. The lowest BCUT2D eigenvalue weighted by Crippen LogP contribution is -2.32. The molecule has 2 N–H and O–H groups in total. The van der Waals surface area contributed by atoms with Crippen molar-refractivity contribution < 1.29 is 4.74 Å². The number of hydrogen-bond acceptors (Lipinski definition) is 3. The van der Waals surface area contributed by atoms with E-state index >= 15 is 0 Å². The minimum atomic E-state index is 0.483. The van der Waals surface area contributed by atoms with E-state index in [1.54, 1.807) is 4.68 Å². The third-order valence-electron chi connectivity index (χ3n) is 3.71. The molecule has 0 amide bonds.